The van der Waals surface area contributed by atoms with Crippen LogP contribution < -0.4 is 4.74 Å². The number of carboxylic acid groups (broad SMARTS) is 1. The minimum Gasteiger partial charge on any atom is -0.478 e. The maximum absolute atomic E-state index is 12.1. The molecule has 2 rings (SSSR count). The lowest BCUT2D eigenvalue weighted by Gasteiger charge is -2.09. The molecule has 0 heterocycles. The van der Waals surface area contributed by atoms with Crippen LogP contribution in [0.3, 0.4) is 0 Å². The summed E-state index contributed by atoms with van der Waals surface area (Å²) in [5.74, 6) is -2.54. The Morgan fingerprint density at radius 1 is 0.909 bits per heavy atom. The second-order valence-electron chi connectivity index (χ2n) is 4.24. The van der Waals surface area contributed by atoms with Gasteiger partial charge in [-0.2, -0.15) is 0 Å². The molecule has 0 unspecified atom stereocenters. The monoisotopic (exact) mass is 298 g/mol. The zero-order valence-corrected chi connectivity index (χ0v) is 11.2. The van der Waals surface area contributed by atoms with E-state index in [4.69, 9.17) is 9.84 Å². The van der Waals surface area contributed by atoms with E-state index in [-0.39, 0.29) is 22.4 Å². The van der Waals surface area contributed by atoms with Crippen LogP contribution in [0.2, 0.25) is 0 Å². The summed E-state index contributed by atoms with van der Waals surface area (Å²) < 4.78 is 5.04. The molecule has 0 saturated heterocycles. The minimum atomic E-state index is -1.39. The predicted molar refractivity (Wildman–Crippen MR) is 75.6 cm³/mol. The van der Waals surface area contributed by atoms with Gasteiger partial charge >= 0.3 is 11.9 Å². The van der Waals surface area contributed by atoms with Gasteiger partial charge in [0.15, 0.2) is 12.6 Å². The molecule has 0 bridgehead atoms. The minimum absolute atomic E-state index is 0.00495. The molecular formula is C16H10O6. The molecule has 0 saturated carbocycles. The first-order valence-corrected chi connectivity index (χ1v) is 6.16. The van der Waals surface area contributed by atoms with E-state index >= 15 is 0 Å². The summed E-state index contributed by atoms with van der Waals surface area (Å²) in [6.07, 6.45) is 0.858. The number of esters is 1. The highest BCUT2D eigenvalue weighted by molar-refractivity contribution is 6.03. The van der Waals surface area contributed by atoms with Crippen molar-refractivity contribution < 1.29 is 29.0 Å². The van der Waals surface area contributed by atoms with Gasteiger partial charge in [0.1, 0.15) is 11.3 Å². The molecule has 0 aliphatic rings. The van der Waals surface area contributed by atoms with Gasteiger partial charge in [0, 0.05) is 11.1 Å². The van der Waals surface area contributed by atoms with Gasteiger partial charge in [0.2, 0.25) is 0 Å². The average Bonchev–Trinajstić information content (AvgIpc) is 2.54. The zero-order valence-electron chi connectivity index (χ0n) is 11.2. The summed E-state index contributed by atoms with van der Waals surface area (Å²) >= 11 is 0. The Morgan fingerprint density at radius 2 is 1.55 bits per heavy atom. The molecule has 0 radical (unpaired) electrons. The van der Waals surface area contributed by atoms with Crippen molar-refractivity contribution in [2.24, 2.45) is 0 Å². The van der Waals surface area contributed by atoms with Crippen LogP contribution in [0.1, 0.15) is 41.4 Å². The van der Waals surface area contributed by atoms with E-state index < -0.39 is 17.5 Å². The maximum atomic E-state index is 12.1. The third-order valence-electron chi connectivity index (χ3n) is 2.91. The number of hydrogen-bond donors (Lipinski definition) is 1. The Balaban J connectivity index is 2.43. The van der Waals surface area contributed by atoms with E-state index in [2.05, 4.69) is 0 Å². The quantitative estimate of drug-likeness (QED) is 0.516. The number of benzene rings is 2. The second-order valence-corrected chi connectivity index (χ2v) is 4.24. The van der Waals surface area contributed by atoms with Crippen LogP contribution in [0.5, 0.6) is 5.75 Å². The molecule has 0 aliphatic carbocycles. The Bertz CT molecular complexity index is 763. The topological polar surface area (TPSA) is 97.7 Å². The molecule has 0 aromatic heterocycles. The second kappa shape index (κ2) is 6.45. The molecule has 6 nitrogen and oxygen atoms in total. The summed E-state index contributed by atoms with van der Waals surface area (Å²) in [5, 5.41) is 9.16. The lowest BCUT2D eigenvalue weighted by molar-refractivity contribution is 0.0677. The van der Waals surface area contributed by atoms with Crippen LogP contribution in [0.15, 0.2) is 42.5 Å². The zero-order chi connectivity index (χ0) is 16.1. The van der Waals surface area contributed by atoms with Crippen LogP contribution in [-0.4, -0.2) is 29.6 Å². The van der Waals surface area contributed by atoms with E-state index in [1.54, 1.807) is 12.1 Å². The predicted octanol–water partition coefficient (Wildman–Crippen LogP) is 2.23. The smallest absolute Gasteiger partial charge is 0.344 e. The van der Waals surface area contributed by atoms with Crippen molar-refractivity contribution in [2.75, 3.05) is 0 Å². The summed E-state index contributed by atoms with van der Waals surface area (Å²) in [4.78, 5) is 45.1. The van der Waals surface area contributed by atoms with Crippen LogP contribution in [-0.2, 0) is 0 Å². The highest BCUT2D eigenvalue weighted by Gasteiger charge is 2.20. The number of carboxylic acids is 1. The molecular weight excluding hydrogens is 288 g/mol. The van der Waals surface area contributed by atoms with Crippen molar-refractivity contribution in [3.8, 4) is 5.75 Å². The van der Waals surface area contributed by atoms with Crippen molar-refractivity contribution in [3.63, 3.8) is 0 Å². The average molecular weight is 298 g/mol. The summed E-state index contributed by atoms with van der Waals surface area (Å²) in [6.45, 7) is 0. The molecule has 1 N–H and O–H groups in total. The molecule has 0 fully saturated rings. The van der Waals surface area contributed by atoms with Crippen molar-refractivity contribution in [2.45, 2.75) is 0 Å². The molecule has 22 heavy (non-hydrogen) atoms. The number of rotatable bonds is 5. The Morgan fingerprint density at radius 3 is 2.18 bits per heavy atom. The molecule has 0 aliphatic heterocycles. The molecule has 6 heteroatoms. The first kappa shape index (κ1) is 15.1. The first-order chi connectivity index (χ1) is 10.6. The molecule has 0 atom stereocenters. The highest BCUT2D eigenvalue weighted by atomic mass is 16.5. The SMILES string of the molecule is O=Cc1ccccc1C(=O)Oc1cccc(C=O)c1C(=O)O. The van der Waals surface area contributed by atoms with E-state index in [1.807, 2.05) is 0 Å². The largest absolute Gasteiger partial charge is 0.478 e. The lowest BCUT2D eigenvalue weighted by Crippen LogP contribution is -2.14. The van der Waals surface area contributed by atoms with E-state index in [1.165, 1.54) is 30.3 Å². The van der Waals surface area contributed by atoms with Gasteiger partial charge in [0.25, 0.3) is 0 Å². The third-order valence-corrected chi connectivity index (χ3v) is 2.91. The highest BCUT2D eigenvalue weighted by Crippen LogP contribution is 2.23. The van der Waals surface area contributed by atoms with Gasteiger partial charge in [-0.25, -0.2) is 9.59 Å². The van der Waals surface area contributed by atoms with Crippen LogP contribution in [0.25, 0.3) is 0 Å². The van der Waals surface area contributed by atoms with Crippen molar-refractivity contribution >= 4 is 24.5 Å². The van der Waals surface area contributed by atoms with Crippen molar-refractivity contribution in [1.82, 2.24) is 0 Å². The molecule has 2 aromatic carbocycles. The molecule has 2 aromatic rings. The van der Waals surface area contributed by atoms with Crippen LogP contribution in [0, 0.1) is 0 Å². The fraction of sp³-hybridized carbons (Fsp3) is 0. The lowest BCUT2D eigenvalue weighted by atomic mass is 10.1. The van der Waals surface area contributed by atoms with Crippen LogP contribution in [0.4, 0.5) is 0 Å². The Labute approximate surface area is 125 Å². The van der Waals surface area contributed by atoms with Crippen molar-refractivity contribution in [3.05, 3.63) is 64.7 Å². The summed E-state index contributed by atoms with van der Waals surface area (Å²) in [7, 11) is 0. The maximum Gasteiger partial charge on any atom is 0.344 e. The van der Waals surface area contributed by atoms with Gasteiger partial charge in [-0.05, 0) is 12.1 Å². The van der Waals surface area contributed by atoms with Crippen LogP contribution >= 0.6 is 0 Å². The number of aldehydes is 2. The number of carbonyl (C=O) groups excluding carboxylic acids is 3. The molecule has 0 spiro atoms. The standard InChI is InChI=1S/C16H10O6/c17-8-10-4-1-2-6-12(10)16(21)22-13-7-3-5-11(9-18)14(13)15(19)20/h1-9H,(H,19,20). The van der Waals surface area contributed by atoms with Gasteiger partial charge in [0.05, 0.1) is 5.56 Å². The van der Waals surface area contributed by atoms with Crippen molar-refractivity contribution in [1.29, 1.82) is 0 Å². The number of ether oxygens (including phenoxy) is 1. The fourth-order valence-electron chi connectivity index (χ4n) is 1.90. The van der Waals surface area contributed by atoms with E-state index in [9.17, 15) is 19.2 Å². The van der Waals surface area contributed by atoms with Gasteiger partial charge in [-0.1, -0.05) is 30.3 Å². The number of hydrogen-bond acceptors (Lipinski definition) is 5. The fourth-order valence-corrected chi connectivity index (χ4v) is 1.90. The normalized spacial score (nSPS) is 9.82. The number of carbonyl (C=O) groups is 4. The first-order valence-electron chi connectivity index (χ1n) is 6.16. The molecule has 110 valence electrons. The Hall–Kier alpha value is -3.28. The molecule has 0 amide bonds. The van der Waals surface area contributed by atoms with Gasteiger partial charge in [-0.15, -0.1) is 0 Å². The summed E-state index contributed by atoms with van der Waals surface area (Å²) in [6, 6.07) is 9.90. The van der Waals surface area contributed by atoms with Gasteiger partial charge < -0.3 is 9.84 Å². The third kappa shape index (κ3) is 2.90. The summed E-state index contributed by atoms with van der Waals surface area (Å²) in [5.41, 5.74) is -0.392. The Kier molecular flexibility index (Phi) is 4.43. The van der Waals surface area contributed by atoms with Gasteiger partial charge in [-0.3, -0.25) is 9.59 Å². The van der Waals surface area contributed by atoms with E-state index in [0.717, 1.165) is 0 Å². The van der Waals surface area contributed by atoms with E-state index in [0.29, 0.717) is 12.6 Å². The number of aromatic carboxylic acids is 1.